The molecular weight excluding hydrogens is 259 g/mol. The normalized spacial score (nSPS) is 18.9. The van der Waals surface area contributed by atoms with E-state index in [4.69, 9.17) is 10.4 Å². The summed E-state index contributed by atoms with van der Waals surface area (Å²) in [5.41, 5.74) is 1.13. The number of aliphatic carboxylic acids is 1. The second kappa shape index (κ2) is 6.49. The van der Waals surface area contributed by atoms with Gasteiger partial charge >= 0.3 is 5.97 Å². The summed E-state index contributed by atoms with van der Waals surface area (Å²) < 4.78 is 13.3. The first kappa shape index (κ1) is 14.5. The first-order chi connectivity index (χ1) is 9.56. The van der Waals surface area contributed by atoms with E-state index in [-0.39, 0.29) is 12.2 Å². The summed E-state index contributed by atoms with van der Waals surface area (Å²) in [7, 11) is 0. The molecule has 1 atom stereocenters. The van der Waals surface area contributed by atoms with Gasteiger partial charge in [-0.25, -0.2) is 4.39 Å². The van der Waals surface area contributed by atoms with Gasteiger partial charge in [0.15, 0.2) is 0 Å². The van der Waals surface area contributed by atoms with E-state index in [2.05, 4.69) is 4.90 Å². The largest absolute Gasteiger partial charge is 0.481 e. The van der Waals surface area contributed by atoms with E-state index < -0.39 is 5.97 Å². The lowest BCUT2D eigenvalue weighted by molar-refractivity contribution is -0.137. The Morgan fingerprint density at radius 3 is 3.00 bits per heavy atom. The minimum Gasteiger partial charge on any atom is -0.481 e. The Morgan fingerprint density at radius 1 is 1.50 bits per heavy atom. The first-order valence-electron chi connectivity index (χ1n) is 6.70. The molecule has 1 unspecified atom stereocenters. The summed E-state index contributed by atoms with van der Waals surface area (Å²) in [6.07, 6.45) is 1.88. The Labute approximate surface area is 117 Å². The fourth-order valence-corrected chi connectivity index (χ4v) is 2.68. The Hall–Kier alpha value is -1.93. The molecule has 0 spiro atoms. The van der Waals surface area contributed by atoms with Gasteiger partial charge in [-0.1, -0.05) is 0 Å². The molecule has 1 aromatic carbocycles. The van der Waals surface area contributed by atoms with Crippen molar-refractivity contribution in [1.82, 2.24) is 4.90 Å². The molecule has 4 nitrogen and oxygen atoms in total. The van der Waals surface area contributed by atoms with Gasteiger partial charge in [0.05, 0.1) is 11.6 Å². The summed E-state index contributed by atoms with van der Waals surface area (Å²) in [5.74, 6) is -0.747. The fraction of sp³-hybridized carbons (Fsp3) is 0.467. The van der Waals surface area contributed by atoms with Crippen LogP contribution < -0.4 is 0 Å². The van der Waals surface area contributed by atoms with Crippen molar-refractivity contribution < 1.29 is 14.3 Å². The van der Waals surface area contributed by atoms with Crippen molar-refractivity contribution in [2.24, 2.45) is 5.92 Å². The van der Waals surface area contributed by atoms with E-state index in [1.165, 1.54) is 12.1 Å². The highest BCUT2D eigenvalue weighted by Crippen LogP contribution is 2.23. The molecule has 1 N–H and O–H groups in total. The number of benzene rings is 1. The zero-order valence-electron chi connectivity index (χ0n) is 11.2. The molecule has 0 bridgehead atoms. The number of rotatable bonds is 5. The Kier molecular flexibility index (Phi) is 4.70. The second-order valence-corrected chi connectivity index (χ2v) is 5.28. The van der Waals surface area contributed by atoms with Crippen LogP contribution in [0.3, 0.4) is 0 Å². The third-order valence-corrected chi connectivity index (χ3v) is 3.63. The van der Waals surface area contributed by atoms with Crippen LogP contribution in [0.2, 0.25) is 0 Å². The molecule has 0 amide bonds. The molecule has 1 fully saturated rings. The van der Waals surface area contributed by atoms with Crippen LogP contribution in [-0.4, -0.2) is 29.1 Å². The van der Waals surface area contributed by atoms with Gasteiger partial charge in [0.1, 0.15) is 5.82 Å². The molecule has 0 aromatic heterocycles. The number of nitrogens with zero attached hydrogens (tertiary/aromatic N) is 2. The van der Waals surface area contributed by atoms with E-state index in [1.54, 1.807) is 6.07 Å². The van der Waals surface area contributed by atoms with Crippen LogP contribution in [-0.2, 0) is 11.3 Å². The monoisotopic (exact) mass is 276 g/mol. The molecule has 0 radical (unpaired) electrons. The second-order valence-electron chi connectivity index (χ2n) is 5.28. The molecule has 20 heavy (non-hydrogen) atoms. The molecule has 2 rings (SSSR count). The van der Waals surface area contributed by atoms with Crippen LogP contribution in [0, 0.1) is 23.1 Å². The zero-order valence-corrected chi connectivity index (χ0v) is 11.2. The van der Waals surface area contributed by atoms with E-state index in [0.29, 0.717) is 24.4 Å². The summed E-state index contributed by atoms with van der Waals surface area (Å²) in [5, 5.41) is 17.5. The van der Waals surface area contributed by atoms with Crippen molar-refractivity contribution in [3.05, 3.63) is 35.1 Å². The average Bonchev–Trinajstić information content (AvgIpc) is 2.83. The third kappa shape index (κ3) is 4.04. The van der Waals surface area contributed by atoms with Gasteiger partial charge in [-0.3, -0.25) is 9.69 Å². The maximum Gasteiger partial charge on any atom is 0.303 e. The summed E-state index contributed by atoms with van der Waals surface area (Å²) in [4.78, 5) is 12.7. The lowest BCUT2D eigenvalue weighted by atomic mass is 10.0. The molecule has 106 valence electrons. The molecule has 1 aliphatic heterocycles. The summed E-state index contributed by atoms with van der Waals surface area (Å²) >= 11 is 0. The first-order valence-corrected chi connectivity index (χ1v) is 6.70. The molecule has 1 aromatic rings. The molecule has 1 aliphatic rings. The highest BCUT2D eigenvalue weighted by molar-refractivity contribution is 5.66. The number of carboxylic acids is 1. The highest BCUT2D eigenvalue weighted by atomic mass is 19.1. The van der Waals surface area contributed by atoms with Crippen LogP contribution >= 0.6 is 0 Å². The van der Waals surface area contributed by atoms with Crippen molar-refractivity contribution >= 4 is 5.97 Å². The molecule has 5 heteroatoms. The van der Waals surface area contributed by atoms with Gasteiger partial charge in [0.2, 0.25) is 0 Å². The molecule has 0 saturated carbocycles. The van der Waals surface area contributed by atoms with Gasteiger partial charge in [0, 0.05) is 19.5 Å². The van der Waals surface area contributed by atoms with Gasteiger partial charge < -0.3 is 5.11 Å². The van der Waals surface area contributed by atoms with Gasteiger partial charge in [-0.15, -0.1) is 0 Å². The van der Waals surface area contributed by atoms with Crippen molar-refractivity contribution in [1.29, 1.82) is 5.26 Å². The summed E-state index contributed by atoms with van der Waals surface area (Å²) in [6.45, 7) is 2.34. The Morgan fingerprint density at radius 2 is 2.30 bits per heavy atom. The number of hydrogen-bond acceptors (Lipinski definition) is 3. The number of halogens is 1. The number of likely N-dealkylation sites (tertiary alicyclic amines) is 1. The standard InChI is InChI=1S/C15H17FN2O2/c16-14-6-12(8-17)5-13(7-14)10-18-4-3-11(9-18)1-2-15(19)20/h5-7,11H,1-4,9-10H2,(H,19,20). The van der Waals surface area contributed by atoms with Crippen LogP contribution in [0.1, 0.15) is 30.4 Å². The maximum absolute atomic E-state index is 13.3. The van der Waals surface area contributed by atoms with E-state index in [1.807, 2.05) is 6.07 Å². The third-order valence-electron chi connectivity index (χ3n) is 3.63. The predicted molar refractivity (Wildman–Crippen MR) is 71.4 cm³/mol. The maximum atomic E-state index is 13.3. The average molecular weight is 276 g/mol. The van der Waals surface area contributed by atoms with E-state index >= 15 is 0 Å². The van der Waals surface area contributed by atoms with E-state index in [0.717, 1.165) is 25.1 Å². The predicted octanol–water partition coefficient (Wildman–Crippen LogP) is 2.38. The van der Waals surface area contributed by atoms with Crippen molar-refractivity contribution in [2.75, 3.05) is 13.1 Å². The minimum atomic E-state index is -0.757. The molecule has 1 heterocycles. The fourth-order valence-electron chi connectivity index (χ4n) is 2.68. The van der Waals surface area contributed by atoms with Crippen LogP contribution in [0.4, 0.5) is 4.39 Å². The van der Waals surface area contributed by atoms with Crippen molar-refractivity contribution in [3.8, 4) is 6.07 Å². The van der Waals surface area contributed by atoms with Gasteiger partial charge in [-0.05, 0) is 49.1 Å². The SMILES string of the molecule is N#Cc1cc(F)cc(CN2CCC(CCC(=O)O)C2)c1. The zero-order chi connectivity index (χ0) is 14.5. The lowest BCUT2D eigenvalue weighted by Gasteiger charge is -2.16. The van der Waals surface area contributed by atoms with Crippen LogP contribution in [0.25, 0.3) is 0 Å². The van der Waals surface area contributed by atoms with Gasteiger partial charge in [0.25, 0.3) is 0 Å². The van der Waals surface area contributed by atoms with E-state index in [9.17, 15) is 9.18 Å². The number of hydrogen-bond donors (Lipinski definition) is 1. The summed E-state index contributed by atoms with van der Waals surface area (Å²) in [6, 6.07) is 6.33. The molecule has 0 aliphatic carbocycles. The number of nitriles is 1. The number of carboxylic acid groups (broad SMARTS) is 1. The Balaban J connectivity index is 1.90. The van der Waals surface area contributed by atoms with Gasteiger partial charge in [-0.2, -0.15) is 5.26 Å². The lowest BCUT2D eigenvalue weighted by Crippen LogP contribution is -2.20. The van der Waals surface area contributed by atoms with Crippen LogP contribution in [0.5, 0.6) is 0 Å². The Bertz CT molecular complexity index is 539. The van der Waals surface area contributed by atoms with Crippen molar-refractivity contribution in [3.63, 3.8) is 0 Å². The topological polar surface area (TPSA) is 64.3 Å². The van der Waals surface area contributed by atoms with Crippen LogP contribution in [0.15, 0.2) is 18.2 Å². The smallest absolute Gasteiger partial charge is 0.303 e. The molecular formula is C15H17FN2O2. The number of carbonyl (C=O) groups is 1. The highest BCUT2D eigenvalue weighted by Gasteiger charge is 2.23. The quantitative estimate of drug-likeness (QED) is 0.896. The van der Waals surface area contributed by atoms with Crippen molar-refractivity contribution in [2.45, 2.75) is 25.8 Å². The minimum absolute atomic E-state index is 0.205. The molecule has 1 saturated heterocycles.